The molecule has 2 heterocycles. The summed E-state index contributed by atoms with van der Waals surface area (Å²) in [6.45, 7) is 3.55. The third kappa shape index (κ3) is 3.28. The summed E-state index contributed by atoms with van der Waals surface area (Å²) in [6, 6.07) is 9.61. The second-order valence-electron chi connectivity index (χ2n) is 6.04. The molecule has 0 aliphatic heterocycles. The molecule has 120 valence electrons. The molecule has 0 atom stereocenters. The van der Waals surface area contributed by atoms with Crippen molar-refractivity contribution >= 4 is 21.6 Å². The minimum absolute atomic E-state index is 0.123. The number of hydrogen-bond donors (Lipinski definition) is 1. The van der Waals surface area contributed by atoms with Crippen LogP contribution in [0.4, 0.5) is 0 Å². The number of nitrogens with zero attached hydrogens (tertiary/aromatic N) is 2. The molecular weight excluding hydrogens is 312 g/mol. The van der Waals surface area contributed by atoms with Crippen molar-refractivity contribution in [1.29, 1.82) is 0 Å². The van der Waals surface area contributed by atoms with Gasteiger partial charge in [0.1, 0.15) is 10.4 Å². The van der Waals surface area contributed by atoms with E-state index < -0.39 is 5.60 Å². The lowest BCUT2D eigenvalue weighted by molar-refractivity contribution is 0.0603. The van der Waals surface area contributed by atoms with E-state index >= 15 is 0 Å². The van der Waals surface area contributed by atoms with Crippen LogP contribution in [0, 0.1) is 0 Å². The Morgan fingerprint density at radius 3 is 2.61 bits per heavy atom. The fourth-order valence-electron chi connectivity index (χ4n) is 2.37. The Kier molecular flexibility index (Phi) is 3.95. The molecule has 23 heavy (non-hydrogen) atoms. The molecule has 0 fully saturated rings. The first-order chi connectivity index (χ1) is 10.9. The number of ether oxygens (including phenoxy) is 1. The van der Waals surface area contributed by atoms with Crippen LogP contribution in [0.3, 0.4) is 0 Å². The van der Waals surface area contributed by atoms with Gasteiger partial charge in [0.2, 0.25) is 0 Å². The van der Waals surface area contributed by atoms with Gasteiger partial charge in [-0.1, -0.05) is 0 Å². The first-order valence-electron chi connectivity index (χ1n) is 7.23. The molecule has 0 radical (unpaired) electrons. The standard InChI is InChI=1S/C17H18N2O3S/c1-17(2,21)9-19-10-18-13-8-14(23-15(13)16(19)20)11-4-6-12(22-3)7-5-11/h4-8,10,21H,9H2,1-3H3. The van der Waals surface area contributed by atoms with E-state index in [1.54, 1.807) is 21.0 Å². The highest BCUT2D eigenvalue weighted by atomic mass is 32.1. The number of hydrogen-bond acceptors (Lipinski definition) is 5. The first kappa shape index (κ1) is 15.7. The van der Waals surface area contributed by atoms with Crippen LogP contribution in [0.5, 0.6) is 5.75 Å². The third-order valence-electron chi connectivity index (χ3n) is 3.44. The molecule has 1 N–H and O–H groups in total. The molecule has 0 aliphatic carbocycles. The number of aliphatic hydroxyl groups is 1. The Balaban J connectivity index is 2.04. The predicted octanol–water partition coefficient (Wildman–Crippen LogP) is 2.90. The van der Waals surface area contributed by atoms with E-state index in [-0.39, 0.29) is 12.1 Å². The zero-order valence-electron chi connectivity index (χ0n) is 13.2. The van der Waals surface area contributed by atoms with Gasteiger partial charge in [-0.2, -0.15) is 0 Å². The van der Waals surface area contributed by atoms with E-state index in [0.717, 1.165) is 16.2 Å². The van der Waals surface area contributed by atoms with E-state index in [9.17, 15) is 9.90 Å². The number of fused-ring (bicyclic) bond motifs is 1. The molecule has 0 spiro atoms. The maximum atomic E-state index is 12.6. The lowest BCUT2D eigenvalue weighted by atomic mass is 10.1. The average molecular weight is 330 g/mol. The van der Waals surface area contributed by atoms with E-state index in [0.29, 0.717) is 10.2 Å². The summed E-state index contributed by atoms with van der Waals surface area (Å²) in [5.74, 6) is 0.792. The van der Waals surface area contributed by atoms with Gasteiger partial charge in [0, 0.05) is 4.88 Å². The number of benzene rings is 1. The number of aromatic nitrogens is 2. The van der Waals surface area contributed by atoms with Crippen LogP contribution in [0.1, 0.15) is 13.8 Å². The molecule has 6 heteroatoms. The Morgan fingerprint density at radius 1 is 1.30 bits per heavy atom. The van der Waals surface area contributed by atoms with Crippen molar-refractivity contribution in [1.82, 2.24) is 9.55 Å². The highest BCUT2D eigenvalue weighted by Gasteiger charge is 2.17. The fourth-order valence-corrected chi connectivity index (χ4v) is 3.44. The van der Waals surface area contributed by atoms with Gasteiger partial charge in [0.05, 0.1) is 31.1 Å². The van der Waals surface area contributed by atoms with Crippen LogP contribution < -0.4 is 10.3 Å². The molecule has 3 rings (SSSR count). The van der Waals surface area contributed by atoms with Gasteiger partial charge in [0.15, 0.2) is 0 Å². The molecule has 2 aromatic heterocycles. The maximum Gasteiger partial charge on any atom is 0.271 e. The minimum atomic E-state index is -0.963. The van der Waals surface area contributed by atoms with Crippen LogP contribution >= 0.6 is 11.3 Å². The Morgan fingerprint density at radius 2 is 2.00 bits per heavy atom. The number of methoxy groups -OCH3 is 1. The van der Waals surface area contributed by atoms with Crippen molar-refractivity contribution in [3.63, 3.8) is 0 Å². The summed E-state index contributed by atoms with van der Waals surface area (Å²) < 4.78 is 7.21. The van der Waals surface area contributed by atoms with Gasteiger partial charge in [-0.3, -0.25) is 9.36 Å². The molecule has 0 bridgehead atoms. The quantitative estimate of drug-likeness (QED) is 0.799. The van der Waals surface area contributed by atoms with E-state index in [4.69, 9.17) is 4.74 Å². The topological polar surface area (TPSA) is 64.3 Å². The Hall–Kier alpha value is -2.18. The fraction of sp³-hybridized carbons (Fsp3) is 0.294. The smallest absolute Gasteiger partial charge is 0.271 e. The van der Waals surface area contributed by atoms with Crippen molar-refractivity contribution in [2.24, 2.45) is 0 Å². The first-order valence-corrected chi connectivity index (χ1v) is 8.05. The highest BCUT2D eigenvalue weighted by molar-refractivity contribution is 7.22. The summed E-state index contributed by atoms with van der Waals surface area (Å²) in [7, 11) is 1.63. The van der Waals surface area contributed by atoms with E-state index in [1.807, 2.05) is 30.3 Å². The molecule has 0 amide bonds. The number of rotatable bonds is 4. The van der Waals surface area contributed by atoms with Crippen LogP contribution in [-0.2, 0) is 6.54 Å². The van der Waals surface area contributed by atoms with Crippen LogP contribution in [0.2, 0.25) is 0 Å². The number of thiophene rings is 1. The zero-order valence-corrected chi connectivity index (χ0v) is 14.1. The van der Waals surface area contributed by atoms with Crippen molar-refractivity contribution in [2.45, 2.75) is 26.0 Å². The van der Waals surface area contributed by atoms with Gasteiger partial charge in [-0.15, -0.1) is 11.3 Å². The minimum Gasteiger partial charge on any atom is -0.497 e. The molecule has 0 saturated heterocycles. The maximum absolute atomic E-state index is 12.6. The Bertz CT molecular complexity index is 889. The van der Waals surface area contributed by atoms with E-state index in [1.165, 1.54) is 22.2 Å². The van der Waals surface area contributed by atoms with Gasteiger partial charge in [-0.05, 0) is 49.7 Å². The lowest BCUT2D eigenvalue weighted by Crippen LogP contribution is -2.32. The highest BCUT2D eigenvalue weighted by Crippen LogP contribution is 2.31. The van der Waals surface area contributed by atoms with Crippen molar-refractivity contribution in [3.8, 4) is 16.2 Å². The lowest BCUT2D eigenvalue weighted by Gasteiger charge is -2.17. The summed E-state index contributed by atoms with van der Waals surface area (Å²) in [6.07, 6.45) is 1.49. The average Bonchev–Trinajstić information content (AvgIpc) is 2.94. The summed E-state index contributed by atoms with van der Waals surface area (Å²) in [4.78, 5) is 17.9. The molecule has 5 nitrogen and oxygen atoms in total. The summed E-state index contributed by atoms with van der Waals surface area (Å²) in [5, 5.41) is 9.90. The second-order valence-corrected chi connectivity index (χ2v) is 7.10. The normalized spacial score (nSPS) is 11.8. The largest absolute Gasteiger partial charge is 0.497 e. The van der Waals surface area contributed by atoms with Crippen LogP contribution in [0.25, 0.3) is 20.7 Å². The predicted molar refractivity (Wildman–Crippen MR) is 92.2 cm³/mol. The second kappa shape index (κ2) is 5.79. The third-order valence-corrected chi connectivity index (χ3v) is 4.60. The Labute approximate surface area is 137 Å². The van der Waals surface area contributed by atoms with Gasteiger partial charge in [-0.25, -0.2) is 4.98 Å². The SMILES string of the molecule is COc1ccc(-c2cc3ncn(CC(C)(C)O)c(=O)c3s2)cc1. The van der Waals surface area contributed by atoms with Crippen molar-refractivity contribution in [3.05, 3.63) is 47.0 Å². The molecule has 0 saturated carbocycles. The summed E-state index contributed by atoms with van der Waals surface area (Å²) >= 11 is 1.41. The van der Waals surface area contributed by atoms with Crippen molar-refractivity contribution < 1.29 is 9.84 Å². The molecule has 3 aromatic rings. The van der Waals surface area contributed by atoms with Crippen LogP contribution in [-0.4, -0.2) is 27.4 Å². The van der Waals surface area contributed by atoms with Crippen molar-refractivity contribution in [2.75, 3.05) is 7.11 Å². The molecule has 0 unspecified atom stereocenters. The monoisotopic (exact) mass is 330 g/mol. The molecule has 1 aromatic carbocycles. The van der Waals surface area contributed by atoms with Gasteiger partial charge in [0.25, 0.3) is 5.56 Å². The molecular formula is C17H18N2O3S. The zero-order chi connectivity index (χ0) is 16.6. The van der Waals surface area contributed by atoms with E-state index in [2.05, 4.69) is 4.98 Å². The summed E-state index contributed by atoms with van der Waals surface area (Å²) in [5.41, 5.74) is 0.608. The van der Waals surface area contributed by atoms with Gasteiger partial charge < -0.3 is 9.84 Å². The van der Waals surface area contributed by atoms with Crippen LogP contribution in [0.15, 0.2) is 41.5 Å². The molecule has 0 aliphatic rings. The van der Waals surface area contributed by atoms with Gasteiger partial charge >= 0.3 is 0 Å².